The van der Waals surface area contributed by atoms with E-state index in [1.54, 1.807) is 0 Å². The number of hydrogen-bond acceptors (Lipinski definition) is 3. The van der Waals surface area contributed by atoms with Gasteiger partial charge in [-0.1, -0.05) is 22.0 Å². The van der Waals surface area contributed by atoms with Gasteiger partial charge in [-0.25, -0.2) is 9.97 Å². The molecule has 4 heteroatoms. The molecule has 0 unspecified atom stereocenters. The molecule has 0 saturated carbocycles. The van der Waals surface area contributed by atoms with Crippen molar-refractivity contribution in [2.24, 2.45) is 0 Å². The molecule has 1 N–H and O–H groups in total. The van der Waals surface area contributed by atoms with E-state index in [1.165, 1.54) is 11.1 Å². The quantitative estimate of drug-likeness (QED) is 0.924. The summed E-state index contributed by atoms with van der Waals surface area (Å²) in [5.41, 5.74) is 4.46. The third kappa shape index (κ3) is 2.55. The minimum atomic E-state index is 0.464. The van der Waals surface area contributed by atoms with Gasteiger partial charge >= 0.3 is 0 Å². The maximum absolute atomic E-state index is 4.76. The lowest BCUT2D eigenvalue weighted by molar-refractivity contribution is 0.429. The lowest BCUT2D eigenvalue weighted by atomic mass is 10.0. The molecule has 1 saturated heterocycles. The van der Waals surface area contributed by atoms with Gasteiger partial charge in [-0.3, -0.25) is 0 Å². The van der Waals surface area contributed by atoms with Gasteiger partial charge in [0.1, 0.15) is 5.82 Å². The van der Waals surface area contributed by atoms with Gasteiger partial charge in [0, 0.05) is 34.7 Å². The Labute approximate surface area is 121 Å². The third-order valence-electron chi connectivity index (χ3n) is 3.49. The molecule has 1 fully saturated rings. The fourth-order valence-electron chi connectivity index (χ4n) is 2.25. The van der Waals surface area contributed by atoms with Crippen molar-refractivity contribution >= 4 is 15.9 Å². The van der Waals surface area contributed by atoms with E-state index in [0.29, 0.717) is 5.92 Å². The van der Waals surface area contributed by atoms with Crippen LogP contribution in [-0.2, 0) is 0 Å². The Morgan fingerprint density at radius 1 is 1.16 bits per heavy atom. The number of aromatic nitrogens is 2. The standard InChI is InChI=1S/C15H16BrN3/c1-9-3-4-12(16)6-13(9)14-5-10(2)18-15(19-14)11-7-17-8-11/h3-6,11,17H,7-8H2,1-2H3. The Morgan fingerprint density at radius 2 is 1.95 bits per heavy atom. The van der Waals surface area contributed by atoms with Crippen LogP contribution in [-0.4, -0.2) is 23.1 Å². The second-order valence-electron chi connectivity index (χ2n) is 5.07. The molecule has 98 valence electrons. The van der Waals surface area contributed by atoms with E-state index < -0.39 is 0 Å². The lowest BCUT2D eigenvalue weighted by Crippen LogP contribution is -2.41. The van der Waals surface area contributed by atoms with Gasteiger partial charge in [0.25, 0.3) is 0 Å². The number of benzene rings is 1. The van der Waals surface area contributed by atoms with E-state index >= 15 is 0 Å². The summed E-state index contributed by atoms with van der Waals surface area (Å²) in [5.74, 6) is 1.43. The predicted octanol–water partition coefficient (Wildman–Crippen LogP) is 3.21. The molecule has 0 spiro atoms. The summed E-state index contributed by atoms with van der Waals surface area (Å²) < 4.78 is 1.08. The highest BCUT2D eigenvalue weighted by atomic mass is 79.9. The average Bonchev–Trinajstić information content (AvgIpc) is 2.29. The Morgan fingerprint density at radius 3 is 2.63 bits per heavy atom. The normalized spacial score (nSPS) is 15.3. The number of nitrogens with zero attached hydrogens (tertiary/aromatic N) is 2. The van der Waals surface area contributed by atoms with Crippen LogP contribution in [0.1, 0.15) is 23.0 Å². The number of aryl methyl sites for hydroxylation is 2. The molecule has 0 aliphatic carbocycles. The van der Waals surface area contributed by atoms with E-state index in [-0.39, 0.29) is 0 Å². The van der Waals surface area contributed by atoms with Gasteiger partial charge in [-0.15, -0.1) is 0 Å². The fourth-order valence-corrected chi connectivity index (χ4v) is 2.61. The smallest absolute Gasteiger partial charge is 0.134 e. The highest BCUT2D eigenvalue weighted by molar-refractivity contribution is 9.10. The van der Waals surface area contributed by atoms with E-state index in [0.717, 1.165) is 34.8 Å². The molecule has 3 rings (SSSR count). The summed E-state index contributed by atoms with van der Waals surface area (Å²) in [7, 11) is 0. The van der Waals surface area contributed by atoms with E-state index in [1.807, 2.05) is 6.92 Å². The Bertz CT molecular complexity index is 621. The van der Waals surface area contributed by atoms with Crippen LogP contribution in [0.3, 0.4) is 0 Å². The van der Waals surface area contributed by atoms with Crippen LogP contribution in [0.4, 0.5) is 0 Å². The molecular formula is C15H16BrN3. The molecule has 1 aliphatic rings. The summed E-state index contributed by atoms with van der Waals surface area (Å²) >= 11 is 3.53. The topological polar surface area (TPSA) is 37.8 Å². The molecule has 1 aromatic carbocycles. The molecule has 0 radical (unpaired) electrons. The zero-order valence-corrected chi connectivity index (χ0v) is 12.7. The van der Waals surface area contributed by atoms with Crippen molar-refractivity contribution in [1.29, 1.82) is 0 Å². The van der Waals surface area contributed by atoms with Crippen LogP contribution in [0.15, 0.2) is 28.7 Å². The van der Waals surface area contributed by atoms with Crippen molar-refractivity contribution in [2.75, 3.05) is 13.1 Å². The first-order chi connectivity index (χ1) is 9.13. The van der Waals surface area contributed by atoms with Crippen molar-refractivity contribution in [3.63, 3.8) is 0 Å². The van der Waals surface area contributed by atoms with E-state index in [9.17, 15) is 0 Å². The molecule has 0 atom stereocenters. The second-order valence-corrected chi connectivity index (χ2v) is 5.98. The molecular weight excluding hydrogens is 302 g/mol. The minimum absolute atomic E-state index is 0.464. The summed E-state index contributed by atoms with van der Waals surface area (Å²) in [6.45, 7) is 6.12. The van der Waals surface area contributed by atoms with Crippen LogP contribution < -0.4 is 5.32 Å². The maximum Gasteiger partial charge on any atom is 0.134 e. The first kappa shape index (κ1) is 12.8. The number of nitrogens with one attached hydrogen (secondary N) is 1. The molecule has 1 aromatic heterocycles. The predicted molar refractivity (Wildman–Crippen MR) is 80.3 cm³/mol. The van der Waals surface area contributed by atoms with Gasteiger partial charge in [-0.05, 0) is 37.6 Å². The summed E-state index contributed by atoms with van der Waals surface area (Å²) in [6, 6.07) is 8.36. The van der Waals surface area contributed by atoms with Gasteiger partial charge < -0.3 is 5.32 Å². The fraction of sp³-hybridized carbons (Fsp3) is 0.333. The van der Waals surface area contributed by atoms with Crippen LogP contribution in [0.25, 0.3) is 11.3 Å². The monoisotopic (exact) mass is 317 g/mol. The van der Waals surface area contributed by atoms with E-state index in [2.05, 4.69) is 57.4 Å². The van der Waals surface area contributed by atoms with Crippen LogP contribution in [0, 0.1) is 13.8 Å². The zero-order chi connectivity index (χ0) is 13.4. The molecule has 1 aliphatic heterocycles. The molecule has 2 aromatic rings. The van der Waals surface area contributed by atoms with Crippen LogP contribution in [0.5, 0.6) is 0 Å². The van der Waals surface area contributed by atoms with Crippen molar-refractivity contribution < 1.29 is 0 Å². The summed E-state index contributed by atoms with van der Waals surface area (Å²) in [4.78, 5) is 9.33. The molecule has 0 amide bonds. The number of hydrogen-bond donors (Lipinski definition) is 1. The largest absolute Gasteiger partial charge is 0.315 e. The molecule has 0 bridgehead atoms. The summed E-state index contributed by atoms with van der Waals surface area (Å²) in [5, 5.41) is 3.27. The second kappa shape index (κ2) is 5.02. The van der Waals surface area contributed by atoms with Crippen LogP contribution >= 0.6 is 15.9 Å². The van der Waals surface area contributed by atoms with Crippen molar-refractivity contribution in [2.45, 2.75) is 19.8 Å². The van der Waals surface area contributed by atoms with Gasteiger partial charge in [-0.2, -0.15) is 0 Å². The molecule has 3 nitrogen and oxygen atoms in total. The van der Waals surface area contributed by atoms with Crippen molar-refractivity contribution in [1.82, 2.24) is 15.3 Å². The van der Waals surface area contributed by atoms with Gasteiger partial charge in [0.2, 0.25) is 0 Å². The van der Waals surface area contributed by atoms with E-state index in [4.69, 9.17) is 4.98 Å². The van der Waals surface area contributed by atoms with Gasteiger partial charge in [0.05, 0.1) is 5.69 Å². The van der Waals surface area contributed by atoms with Crippen molar-refractivity contribution in [3.8, 4) is 11.3 Å². The Balaban J connectivity index is 2.08. The highest BCUT2D eigenvalue weighted by Gasteiger charge is 2.22. The minimum Gasteiger partial charge on any atom is -0.315 e. The lowest BCUT2D eigenvalue weighted by Gasteiger charge is -2.26. The number of rotatable bonds is 2. The SMILES string of the molecule is Cc1cc(-c2cc(Br)ccc2C)nc(C2CNC2)n1. The highest BCUT2D eigenvalue weighted by Crippen LogP contribution is 2.27. The average molecular weight is 318 g/mol. The number of halogens is 1. The zero-order valence-electron chi connectivity index (χ0n) is 11.1. The molecule has 19 heavy (non-hydrogen) atoms. The summed E-state index contributed by atoms with van der Waals surface area (Å²) in [6.07, 6.45) is 0. The Hall–Kier alpha value is -1.26. The maximum atomic E-state index is 4.76. The first-order valence-corrected chi connectivity index (χ1v) is 7.25. The van der Waals surface area contributed by atoms with Gasteiger partial charge in [0.15, 0.2) is 0 Å². The third-order valence-corrected chi connectivity index (χ3v) is 3.99. The van der Waals surface area contributed by atoms with Crippen LogP contribution in [0.2, 0.25) is 0 Å². The first-order valence-electron chi connectivity index (χ1n) is 6.46. The van der Waals surface area contributed by atoms with Crippen molar-refractivity contribution in [3.05, 3.63) is 45.8 Å². The Kier molecular flexibility index (Phi) is 3.37. The molecule has 2 heterocycles.